The summed E-state index contributed by atoms with van der Waals surface area (Å²) in [6, 6.07) is 8.32. The van der Waals surface area contributed by atoms with Crippen LogP contribution in [0.25, 0.3) is 0 Å². The smallest absolute Gasteiger partial charge is 0.222 e. The van der Waals surface area contributed by atoms with Crippen molar-refractivity contribution in [3.8, 4) is 0 Å². The molecule has 1 aromatic rings. The van der Waals surface area contributed by atoms with Crippen LogP contribution < -0.4 is 5.32 Å². The summed E-state index contributed by atoms with van der Waals surface area (Å²) < 4.78 is 0. The van der Waals surface area contributed by atoms with Crippen molar-refractivity contribution in [2.24, 2.45) is 0 Å². The van der Waals surface area contributed by atoms with Gasteiger partial charge < -0.3 is 5.32 Å². The Bertz CT molecular complexity index is 426. The minimum Gasteiger partial charge on any atom is -0.324 e. The third-order valence-electron chi connectivity index (χ3n) is 2.18. The Labute approximate surface area is 87.2 Å². The van der Waals surface area contributed by atoms with E-state index in [2.05, 4.69) is 35.7 Å². The van der Waals surface area contributed by atoms with Gasteiger partial charge in [-0.15, -0.1) is 0 Å². The van der Waals surface area contributed by atoms with Crippen molar-refractivity contribution < 1.29 is 0 Å². The van der Waals surface area contributed by atoms with E-state index in [9.17, 15) is 0 Å². The topological polar surface area (TPSA) is 12.0 Å². The first kappa shape index (κ1) is 7.86. The molecule has 0 fully saturated rings. The first-order valence-corrected chi connectivity index (χ1v) is 5.30. The summed E-state index contributed by atoms with van der Waals surface area (Å²) in [6.07, 6.45) is 9.25. The maximum absolute atomic E-state index is 3.36. The van der Waals surface area contributed by atoms with Crippen molar-refractivity contribution in [1.29, 1.82) is 0 Å². The quantitative estimate of drug-likeness (QED) is 0.642. The molecule has 1 nitrogen and oxygen atoms in total. The first-order valence-electron chi connectivity index (χ1n) is 4.48. The molecule has 0 atom stereocenters. The Morgan fingerprint density at radius 1 is 1.21 bits per heavy atom. The van der Waals surface area contributed by atoms with E-state index in [4.69, 9.17) is 0 Å². The first-order chi connectivity index (χ1) is 6.93. The second-order valence-corrected chi connectivity index (χ2v) is 4.22. The van der Waals surface area contributed by atoms with Crippen LogP contribution in [0.15, 0.2) is 58.0 Å². The van der Waals surface area contributed by atoms with Crippen molar-refractivity contribution in [2.45, 2.75) is 4.90 Å². The van der Waals surface area contributed by atoms with Gasteiger partial charge in [-0.05, 0) is 23.9 Å². The second-order valence-electron chi connectivity index (χ2n) is 3.13. The van der Waals surface area contributed by atoms with E-state index in [1.807, 2.05) is 18.2 Å². The van der Waals surface area contributed by atoms with Crippen molar-refractivity contribution >= 4 is 17.4 Å². The van der Waals surface area contributed by atoms with Crippen molar-refractivity contribution in [3.63, 3.8) is 0 Å². The highest BCUT2D eigenvalue weighted by atomic mass is 32.2. The molecule has 0 radical (unpaired) electrons. The van der Waals surface area contributed by atoms with Crippen LogP contribution >= 0.6 is 11.8 Å². The van der Waals surface area contributed by atoms with Crippen LogP contribution in [0.2, 0.25) is 0 Å². The van der Waals surface area contributed by atoms with Gasteiger partial charge >= 0.3 is 0 Å². The van der Waals surface area contributed by atoms with Crippen molar-refractivity contribution in [1.82, 2.24) is 0 Å². The summed E-state index contributed by atoms with van der Waals surface area (Å²) >= 11 is 1.79. The molecule has 0 unspecified atom stereocenters. The van der Waals surface area contributed by atoms with E-state index in [0.717, 1.165) is 5.70 Å². The third-order valence-corrected chi connectivity index (χ3v) is 3.32. The van der Waals surface area contributed by atoms with Gasteiger partial charge in [0.2, 0.25) is 5.70 Å². The molecule has 2 aliphatic rings. The molecular weight excluding hydrogens is 190 g/mol. The van der Waals surface area contributed by atoms with Crippen LogP contribution in [0.5, 0.6) is 0 Å². The van der Waals surface area contributed by atoms with Gasteiger partial charge in [0.25, 0.3) is 0 Å². The van der Waals surface area contributed by atoms with Gasteiger partial charge in [-0.25, -0.2) is 0 Å². The fourth-order valence-corrected chi connectivity index (χ4v) is 2.49. The zero-order valence-corrected chi connectivity index (χ0v) is 8.27. The number of benzene rings is 1. The molecule has 0 saturated heterocycles. The number of allylic oxidation sites excluding steroid dienone is 4. The molecule has 0 aromatic heterocycles. The summed E-state index contributed by atoms with van der Waals surface area (Å²) in [5, 5.41) is 3.36. The third kappa shape index (κ3) is 1.17. The number of anilines is 1. The second kappa shape index (κ2) is 3.02. The molecule has 2 heteroatoms. The Hall–Kier alpha value is -1.50. The predicted molar refractivity (Wildman–Crippen MR) is 59.9 cm³/mol. The van der Waals surface area contributed by atoms with Crippen LogP contribution in [0.1, 0.15) is 0 Å². The molecule has 3 rings (SSSR count). The van der Waals surface area contributed by atoms with E-state index in [1.165, 1.54) is 15.5 Å². The highest BCUT2D eigenvalue weighted by Crippen LogP contribution is 2.42. The Kier molecular flexibility index (Phi) is 1.69. The van der Waals surface area contributed by atoms with Crippen LogP contribution in [-0.2, 0) is 0 Å². The number of para-hydroxylation sites is 1. The molecule has 1 aromatic carbocycles. The molecule has 0 spiro atoms. The summed E-state index contributed by atoms with van der Waals surface area (Å²) in [4.78, 5) is 2.52. The van der Waals surface area contributed by atoms with E-state index < -0.39 is 0 Å². The largest absolute Gasteiger partial charge is 0.324 e. The average Bonchev–Trinajstić information content (AvgIpc) is 2.26. The minimum atomic E-state index is 1.08. The summed E-state index contributed by atoms with van der Waals surface area (Å²) in [6.45, 7) is 0. The van der Waals surface area contributed by atoms with Crippen molar-refractivity contribution in [2.75, 3.05) is 5.32 Å². The molecule has 0 amide bonds. The summed E-state index contributed by atoms with van der Waals surface area (Å²) in [5.74, 6) is 0. The highest BCUT2D eigenvalue weighted by molar-refractivity contribution is 8.03. The van der Waals surface area contributed by atoms with E-state index in [-0.39, 0.29) is 0 Å². The van der Waals surface area contributed by atoms with Crippen LogP contribution in [0, 0.1) is 6.08 Å². The minimum absolute atomic E-state index is 1.08. The number of nitrogens with one attached hydrogen (secondary N) is 1. The molecule has 0 saturated carbocycles. The van der Waals surface area contributed by atoms with Gasteiger partial charge in [0.05, 0.1) is 17.8 Å². The summed E-state index contributed by atoms with van der Waals surface area (Å²) in [7, 11) is 0. The lowest BCUT2D eigenvalue weighted by molar-refractivity contribution is 1.32. The number of hydrogen-bond acceptors (Lipinski definition) is 2. The average molecular weight is 198 g/mol. The van der Waals surface area contributed by atoms with Gasteiger partial charge in [0, 0.05) is 11.0 Å². The SMILES string of the molecule is [C+]1=C2Nc3ccccc3SC2=CC=C1. The normalized spacial score (nSPS) is 16.9. The Morgan fingerprint density at radius 3 is 3.14 bits per heavy atom. The molecule has 1 N–H and O–H groups in total. The predicted octanol–water partition coefficient (Wildman–Crippen LogP) is 3.34. The molecule has 1 heterocycles. The van der Waals surface area contributed by atoms with E-state index in [0.29, 0.717) is 0 Å². The number of rotatable bonds is 0. The van der Waals surface area contributed by atoms with E-state index >= 15 is 0 Å². The summed E-state index contributed by atoms with van der Waals surface area (Å²) in [5.41, 5.74) is 2.25. The van der Waals surface area contributed by atoms with Gasteiger partial charge in [-0.2, -0.15) is 0 Å². The maximum atomic E-state index is 3.36. The fourth-order valence-electron chi connectivity index (χ4n) is 1.52. The molecule has 1 aliphatic carbocycles. The maximum Gasteiger partial charge on any atom is 0.222 e. The molecule has 1 aliphatic heterocycles. The lowest BCUT2D eigenvalue weighted by Gasteiger charge is -2.16. The number of fused-ring (bicyclic) bond motifs is 2. The van der Waals surface area contributed by atoms with Crippen LogP contribution in [0.4, 0.5) is 5.69 Å². The fraction of sp³-hybridized carbons (Fsp3) is 0. The zero-order valence-electron chi connectivity index (χ0n) is 7.45. The number of thioether (sulfide) groups is 1. The lowest BCUT2D eigenvalue weighted by atomic mass is 10.2. The van der Waals surface area contributed by atoms with Crippen LogP contribution in [0.3, 0.4) is 0 Å². The standard InChI is InChI=1S/C12H8NS/c1-3-7-11-9(5-1)13-10-6-2-4-8-12(10)14-11/h1-5,7-8,13H/q+1. The van der Waals surface area contributed by atoms with Gasteiger partial charge in [-0.1, -0.05) is 12.1 Å². The van der Waals surface area contributed by atoms with Gasteiger partial charge in [0.15, 0.2) is 0 Å². The van der Waals surface area contributed by atoms with Gasteiger partial charge in [0.1, 0.15) is 11.0 Å². The van der Waals surface area contributed by atoms with Crippen LogP contribution in [-0.4, -0.2) is 0 Å². The Balaban J connectivity index is 2.11. The lowest BCUT2D eigenvalue weighted by Crippen LogP contribution is -2.08. The molecule has 66 valence electrons. The van der Waals surface area contributed by atoms with Gasteiger partial charge in [-0.3, -0.25) is 0 Å². The zero-order chi connectivity index (χ0) is 9.38. The molecule has 0 bridgehead atoms. The monoisotopic (exact) mass is 198 g/mol. The van der Waals surface area contributed by atoms with Crippen molar-refractivity contribution in [3.05, 3.63) is 59.2 Å². The number of hydrogen-bond donors (Lipinski definition) is 1. The highest BCUT2D eigenvalue weighted by Gasteiger charge is 2.25. The molecular formula is C12H8NS+. The molecule has 14 heavy (non-hydrogen) atoms. The Morgan fingerprint density at radius 2 is 2.14 bits per heavy atom. The van der Waals surface area contributed by atoms with E-state index in [1.54, 1.807) is 11.8 Å².